The van der Waals surface area contributed by atoms with Crippen molar-refractivity contribution in [1.29, 1.82) is 5.26 Å². The lowest BCUT2D eigenvalue weighted by molar-refractivity contribution is 0.107. The number of nitriles is 1. The summed E-state index contributed by atoms with van der Waals surface area (Å²) in [6.07, 6.45) is 0.958. The molecule has 0 aliphatic carbocycles. The van der Waals surface area contributed by atoms with Crippen LogP contribution in [0, 0.1) is 17.2 Å². The quantitative estimate of drug-likeness (QED) is 0.765. The third-order valence-electron chi connectivity index (χ3n) is 3.55. The van der Waals surface area contributed by atoms with E-state index < -0.39 is 16.1 Å². The van der Waals surface area contributed by atoms with Crippen LogP contribution in [0.5, 0.6) is 0 Å². The van der Waals surface area contributed by atoms with E-state index >= 15 is 0 Å². The first-order valence-electron chi connectivity index (χ1n) is 7.06. The molecule has 0 aliphatic rings. The number of nitrogens with zero attached hydrogens (tertiary/aromatic N) is 1. The second kappa shape index (κ2) is 8.13. The first-order valence-corrected chi connectivity index (χ1v) is 8.71. The lowest BCUT2D eigenvalue weighted by Gasteiger charge is -2.20. The third-order valence-corrected chi connectivity index (χ3v) is 4.86. The van der Waals surface area contributed by atoms with Crippen LogP contribution in [0.1, 0.15) is 37.8 Å². The minimum atomic E-state index is -3.49. The van der Waals surface area contributed by atoms with Crippen LogP contribution >= 0.6 is 0 Å². The molecule has 0 spiro atoms. The second-order valence-corrected chi connectivity index (χ2v) is 6.87. The van der Waals surface area contributed by atoms with E-state index in [2.05, 4.69) is 4.72 Å². The average Bonchev–Trinajstić information content (AvgIpc) is 2.47. The molecular formula is C15H22N2O3S. The summed E-state index contributed by atoms with van der Waals surface area (Å²) in [5.74, 6) is -0.0587. The Kier molecular flexibility index (Phi) is 6.82. The van der Waals surface area contributed by atoms with Gasteiger partial charge in [0, 0.05) is 6.54 Å². The molecule has 0 aromatic heterocycles. The van der Waals surface area contributed by atoms with Crippen LogP contribution < -0.4 is 4.72 Å². The van der Waals surface area contributed by atoms with Gasteiger partial charge in [-0.15, -0.1) is 0 Å². The smallest absolute Gasteiger partial charge is 0.215 e. The highest BCUT2D eigenvalue weighted by atomic mass is 32.2. The van der Waals surface area contributed by atoms with E-state index in [0.717, 1.165) is 12.8 Å². The first kappa shape index (κ1) is 17.6. The van der Waals surface area contributed by atoms with Crippen molar-refractivity contribution in [3.8, 4) is 6.07 Å². The Morgan fingerprint density at radius 1 is 1.24 bits per heavy atom. The number of sulfonamides is 1. The van der Waals surface area contributed by atoms with Crippen molar-refractivity contribution >= 4 is 10.0 Å². The van der Waals surface area contributed by atoms with Gasteiger partial charge < -0.3 is 5.11 Å². The number of nitrogens with one attached hydrogen (secondary N) is 1. The van der Waals surface area contributed by atoms with Crippen molar-refractivity contribution < 1.29 is 13.5 Å². The largest absolute Gasteiger partial charge is 0.391 e. The Labute approximate surface area is 126 Å². The molecule has 1 atom stereocenters. The van der Waals surface area contributed by atoms with Crippen molar-refractivity contribution in [2.45, 2.75) is 38.5 Å². The molecule has 1 aromatic carbocycles. The molecule has 116 valence electrons. The standard InChI is InChI=1S/C15H22N2O3S/c1-3-14(4-2)15(18)10-17-21(19,20)11-13-7-5-12(9-16)6-8-13/h5-8,14-15,17-18H,3-4,10-11H2,1-2H3. The first-order chi connectivity index (χ1) is 9.91. The van der Waals surface area contributed by atoms with Crippen molar-refractivity contribution in [1.82, 2.24) is 4.72 Å². The molecule has 6 heteroatoms. The molecule has 0 heterocycles. The molecule has 0 radical (unpaired) electrons. The molecule has 21 heavy (non-hydrogen) atoms. The van der Waals surface area contributed by atoms with E-state index in [4.69, 9.17) is 5.26 Å². The SMILES string of the molecule is CCC(CC)C(O)CNS(=O)(=O)Cc1ccc(C#N)cc1. The molecule has 0 saturated carbocycles. The summed E-state index contributed by atoms with van der Waals surface area (Å²) in [5, 5.41) is 18.6. The predicted octanol–water partition coefficient (Wildman–Crippen LogP) is 1.77. The minimum Gasteiger partial charge on any atom is -0.391 e. The van der Waals surface area contributed by atoms with Crippen molar-refractivity contribution in [2.75, 3.05) is 6.54 Å². The average molecular weight is 310 g/mol. The number of hydrogen-bond donors (Lipinski definition) is 2. The molecule has 0 fully saturated rings. The highest BCUT2D eigenvalue weighted by Gasteiger charge is 2.19. The Morgan fingerprint density at radius 2 is 1.81 bits per heavy atom. The van der Waals surface area contributed by atoms with Gasteiger partial charge in [0.15, 0.2) is 0 Å². The molecule has 0 aliphatic heterocycles. The summed E-state index contributed by atoms with van der Waals surface area (Å²) in [4.78, 5) is 0. The molecule has 0 bridgehead atoms. The second-order valence-electron chi connectivity index (χ2n) is 5.06. The predicted molar refractivity (Wildman–Crippen MR) is 81.9 cm³/mol. The molecular weight excluding hydrogens is 288 g/mol. The summed E-state index contributed by atoms with van der Waals surface area (Å²) in [5.41, 5.74) is 1.10. The molecule has 0 amide bonds. The monoisotopic (exact) mass is 310 g/mol. The Balaban J connectivity index is 2.59. The fourth-order valence-corrected chi connectivity index (χ4v) is 3.32. The Bertz CT molecular complexity index is 572. The number of hydrogen-bond acceptors (Lipinski definition) is 4. The van der Waals surface area contributed by atoms with E-state index in [-0.39, 0.29) is 18.2 Å². The number of rotatable bonds is 8. The van der Waals surface area contributed by atoms with Crippen LogP contribution in [0.15, 0.2) is 24.3 Å². The van der Waals surface area contributed by atoms with Crippen molar-refractivity contribution in [3.05, 3.63) is 35.4 Å². The lowest BCUT2D eigenvalue weighted by Crippen LogP contribution is -2.36. The fraction of sp³-hybridized carbons (Fsp3) is 0.533. The number of aliphatic hydroxyl groups excluding tert-OH is 1. The van der Waals surface area contributed by atoms with E-state index in [1.807, 2.05) is 19.9 Å². The minimum absolute atomic E-state index is 0.0327. The van der Waals surface area contributed by atoms with E-state index in [1.165, 1.54) is 0 Å². The number of aliphatic hydroxyl groups is 1. The van der Waals surface area contributed by atoms with Gasteiger partial charge in [-0.25, -0.2) is 13.1 Å². The van der Waals surface area contributed by atoms with Crippen LogP contribution in [0.3, 0.4) is 0 Å². The van der Waals surface area contributed by atoms with Crippen LogP contribution in [-0.2, 0) is 15.8 Å². The van der Waals surface area contributed by atoms with Crippen LogP contribution in [-0.4, -0.2) is 26.2 Å². The molecule has 1 unspecified atom stereocenters. The van der Waals surface area contributed by atoms with Gasteiger partial charge in [-0.1, -0.05) is 38.8 Å². The normalized spacial score (nSPS) is 13.1. The zero-order chi connectivity index (χ0) is 15.9. The van der Waals surface area contributed by atoms with Gasteiger partial charge in [0.25, 0.3) is 0 Å². The lowest BCUT2D eigenvalue weighted by atomic mass is 9.97. The third kappa shape index (κ3) is 5.84. The van der Waals surface area contributed by atoms with Crippen LogP contribution in [0.25, 0.3) is 0 Å². The van der Waals surface area contributed by atoms with Gasteiger partial charge in [-0.05, 0) is 23.6 Å². The fourth-order valence-electron chi connectivity index (χ4n) is 2.16. The zero-order valence-electron chi connectivity index (χ0n) is 12.4. The molecule has 1 rings (SSSR count). The van der Waals surface area contributed by atoms with Crippen LogP contribution in [0.2, 0.25) is 0 Å². The molecule has 2 N–H and O–H groups in total. The Hall–Kier alpha value is -1.42. The summed E-state index contributed by atoms with van der Waals surface area (Å²) in [7, 11) is -3.49. The van der Waals surface area contributed by atoms with Gasteiger partial charge in [-0.3, -0.25) is 0 Å². The molecule has 0 saturated heterocycles. The summed E-state index contributed by atoms with van der Waals surface area (Å²) in [6, 6.07) is 8.40. The summed E-state index contributed by atoms with van der Waals surface area (Å²) >= 11 is 0. The van der Waals surface area contributed by atoms with Crippen molar-refractivity contribution in [3.63, 3.8) is 0 Å². The van der Waals surface area contributed by atoms with E-state index in [0.29, 0.717) is 11.1 Å². The van der Waals surface area contributed by atoms with Gasteiger partial charge in [0.05, 0.1) is 23.5 Å². The highest BCUT2D eigenvalue weighted by Crippen LogP contribution is 2.13. The van der Waals surface area contributed by atoms with E-state index in [9.17, 15) is 13.5 Å². The van der Waals surface area contributed by atoms with E-state index in [1.54, 1.807) is 24.3 Å². The summed E-state index contributed by atoms with van der Waals surface area (Å²) < 4.78 is 26.4. The molecule has 5 nitrogen and oxygen atoms in total. The highest BCUT2D eigenvalue weighted by molar-refractivity contribution is 7.88. The van der Waals surface area contributed by atoms with Gasteiger partial charge in [0.2, 0.25) is 10.0 Å². The maximum atomic E-state index is 12.0. The van der Waals surface area contributed by atoms with Gasteiger partial charge >= 0.3 is 0 Å². The van der Waals surface area contributed by atoms with Gasteiger partial charge in [0.1, 0.15) is 0 Å². The van der Waals surface area contributed by atoms with Gasteiger partial charge in [-0.2, -0.15) is 5.26 Å². The zero-order valence-corrected chi connectivity index (χ0v) is 13.2. The topological polar surface area (TPSA) is 90.2 Å². The molecule has 1 aromatic rings. The van der Waals surface area contributed by atoms with Crippen LogP contribution in [0.4, 0.5) is 0 Å². The Morgan fingerprint density at radius 3 is 2.29 bits per heavy atom. The summed E-state index contributed by atoms with van der Waals surface area (Å²) in [6.45, 7) is 3.98. The maximum Gasteiger partial charge on any atom is 0.215 e. The van der Waals surface area contributed by atoms with Crippen molar-refractivity contribution in [2.24, 2.45) is 5.92 Å². The maximum absolute atomic E-state index is 12.0. The number of benzene rings is 1.